The molecule has 0 saturated carbocycles. The highest BCUT2D eigenvalue weighted by Gasteiger charge is 2.27. The van der Waals surface area contributed by atoms with E-state index < -0.39 is 0 Å². The Bertz CT molecular complexity index is 2440. The summed E-state index contributed by atoms with van der Waals surface area (Å²) in [6, 6.07) is 25.2. The number of likely N-dealkylation sites (tertiary alicyclic amines) is 1. The molecule has 0 radical (unpaired) electrons. The van der Waals surface area contributed by atoms with E-state index in [1.165, 1.54) is 17.3 Å². The lowest BCUT2D eigenvalue weighted by Gasteiger charge is -2.32. The normalized spacial score (nSPS) is 16.7. The third-order valence-electron chi connectivity index (χ3n) is 11.4. The number of fused-ring (bicyclic) bond motifs is 1. The van der Waals surface area contributed by atoms with Gasteiger partial charge in [0.1, 0.15) is 18.1 Å². The zero-order chi connectivity index (χ0) is 40.4. The Morgan fingerprint density at radius 3 is 2.31 bits per heavy atom. The molecule has 12 nitrogen and oxygen atoms in total. The van der Waals surface area contributed by atoms with Crippen LogP contribution in [0.25, 0.3) is 27.9 Å². The van der Waals surface area contributed by atoms with Crippen LogP contribution >= 0.6 is 0 Å². The van der Waals surface area contributed by atoms with Crippen molar-refractivity contribution in [2.24, 2.45) is 0 Å². The van der Waals surface area contributed by atoms with Gasteiger partial charge in [0, 0.05) is 54.1 Å². The summed E-state index contributed by atoms with van der Waals surface area (Å²) in [6.07, 6.45) is 9.91. The summed E-state index contributed by atoms with van der Waals surface area (Å²) in [6.45, 7) is 11.6. The Morgan fingerprint density at radius 1 is 0.862 bits per heavy atom. The molecule has 296 valence electrons. The van der Waals surface area contributed by atoms with Gasteiger partial charge in [-0.2, -0.15) is 5.10 Å². The molecule has 3 aromatic heterocycles. The van der Waals surface area contributed by atoms with Crippen LogP contribution in [0, 0.1) is 6.92 Å². The minimum atomic E-state index is -0.374. The van der Waals surface area contributed by atoms with E-state index in [1.807, 2.05) is 41.9 Å². The van der Waals surface area contributed by atoms with Gasteiger partial charge in [-0.25, -0.2) is 14.5 Å². The first-order chi connectivity index (χ1) is 28.0. The first-order valence-electron chi connectivity index (χ1n) is 20.0. The molecule has 8 rings (SSSR count). The van der Waals surface area contributed by atoms with Crippen LogP contribution in [0.3, 0.4) is 0 Å². The van der Waals surface area contributed by atoms with Crippen LogP contribution in [0.1, 0.15) is 90.8 Å². The van der Waals surface area contributed by atoms with Gasteiger partial charge in [-0.3, -0.25) is 29.6 Å². The van der Waals surface area contributed by atoms with E-state index >= 15 is 0 Å². The smallest absolute Gasteiger partial charge is 0.271 e. The van der Waals surface area contributed by atoms with Crippen LogP contribution in [-0.4, -0.2) is 66.3 Å². The lowest BCUT2D eigenvalue weighted by molar-refractivity contribution is -0.133. The SMILES string of the molecule is Cc1cc(-c2ncnn3cc(-c4ccc(CN5CCC(c6ccc(NC7CCC(=O)NC7=O)cc6)CC5)cc4)cc23)ccc1CNC(=O)c1cnc(C(C)(C)C)cn1. The Kier molecular flexibility index (Phi) is 10.8. The zero-order valence-electron chi connectivity index (χ0n) is 33.5. The number of hydrogen-bond donors (Lipinski definition) is 3. The van der Waals surface area contributed by atoms with Crippen molar-refractivity contribution in [2.45, 2.75) is 83.8 Å². The first kappa shape index (κ1) is 38.6. The van der Waals surface area contributed by atoms with Crippen molar-refractivity contribution in [1.29, 1.82) is 0 Å². The third kappa shape index (κ3) is 8.67. The number of hydrogen-bond acceptors (Lipinski definition) is 9. The third-order valence-corrected chi connectivity index (χ3v) is 11.4. The quantitative estimate of drug-likeness (QED) is 0.125. The summed E-state index contributed by atoms with van der Waals surface area (Å²) in [5.41, 5.74) is 11.5. The summed E-state index contributed by atoms with van der Waals surface area (Å²) in [4.78, 5) is 52.4. The minimum Gasteiger partial charge on any atom is -0.374 e. The van der Waals surface area contributed by atoms with Gasteiger partial charge in [0.15, 0.2) is 0 Å². The van der Waals surface area contributed by atoms with Gasteiger partial charge in [-0.1, -0.05) is 69.3 Å². The number of carbonyl (C=O) groups is 3. The second-order valence-electron chi connectivity index (χ2n) is 16.5. The fourth-order valence-corrected chi connectivity index (χ4v) is 7.82. The summed E-state index contributed by atoms with van der Waals surface area (Å²) >= 11 is 0. The van der Waals surface area contributed by atoms with Crippen LogP contribution in [0.2, 0.25) is 0 Å². The molecule has 2 aliphatic rings. The van der Waals surface area contributed by atoms with E-state index in [1.54, 1.807) is 12.5 Å². The molecule has 58 heavy (non-hydrogen) atoms. The van der Waals surface area contributed by atoms with Crippen molar-refractivity contribution < 1.29 is 14.4 Å². The van der Waals surface area contributed by atoms with Crippen molar-refractivity contribution in [3.8, 4) is 22.4 Å². The molecule has 0 bridgehead atoms. The predicted molar refractivity (Wildman–Crippen MR) is 224 cm³/mol. The van der Waals surface area contributed by atoms with Gasteiger partial charge >= 0.3 is 0 Å². The molecule has 5 heterocycles. The van der Waals surface area contributed by atoms with Crippen LogP contribution in [0.4, 0.5) is 5.69 Å². The monoisotopic (exact) mass is 775 g/mol. The topological polar surface area (TPSA) is 147 Å². The van der Waals surface area contributed by atoms with E-state index in [2.05, 4.69) is 110 Å². The van der Waals surface area contributed by atoms with Crippen LogP contribution in [-0.2, 0) is 28.1 Å². The van der Waals surface area contributed by atoms with Crippen LogP contribution in [0.15, 0.2) is 97.7 Å². The number of nitrogens with one attached hydrogen (secondary N) is 3. The Labute approximate surface area is 338 Å². The highest BCUT2D eigenvalue weighted by molar-refractivity contribution is 6.01. The average Bonchev–Trinajstić information content (AvgIpc) is 3.67. The number of imide groups is 1. The van der Waals surface area contributed by atoms with Gasteiger partial charge in [0.2, 0.25) is 11.8 Å². The van der Waals surface area contributed by atoms with Crippen molar-refractivity contribution in [3.63, 3.8) is 0 Å². The number of anilines is 1. The highest BCUT2D eigenvalue weighted by Crippen LogP contribution is 2.32. The van der Waals surface area contributed by atoms with Gasteiger partial charge < -0.3 is 10.6 Å². The lowest BCUT2D eigenvalue weighted by Crippen LogP contribution is -2.47. The van der Waals surface area contributed by atoms with Crippen molar-refractivity contribution >= 4 is 28.9 Å². The average molecular weight is 776 g/mol. The lowest BCUT2D eigenvalue weighted by atomic mass is 9.89. The van der Waals surface area contributed by atoms with E-state index in [9.17, 15) is 14.4 Å². The number of aryl methyl sites for hydroxylation is 1. The number of rotatable bonds is 10. The van der Waals surface area contributed by atoms with Gasteiger partial charge in [0.05, 0.1) is 23.1 Å². The highest BCUT2D eigenvalue weighted by atomic mass is 16.2. The Hall–Kier alpha value is -6.27. The van der Waals surface area contributed by atoms with Gasteiger partial charge in [0.25, 0.3) is 5.91 Å². The molecule has 3 aromatic carbocycles. The summed E-state index contributed by atoms with van der Waals surface area (Å²) in [7, 11) is 0. The summed E-state index contributed by atoms with van der Waals surface area (Å²) in [5.74, 6) is -0.208. The van der Waals surface area contributed by atoms with E-state index in [0.29, 0.717) is 31.0 Å². The molecule has 1 unspecified atom stereocenters. The van der Waals surface area contributed by atoms with E-state index in [0.717, 1.165) is 82.9 Å². The molecule has 1 atom stereocenters. The number of piperidine rings is 2. The second-order valence-corrected chi connectivity index (χ2v) is 16.5. The molecule has 6 aromatic rings. The molecular formula is C46H49N9O3. The number of carbonyl (C=O) groups excluding carboxylic acids is 3. The van der Waals surface area contributed by atoms with E-state index in [4.69, 9.17) is 0 Å². The molecule has 0 aliphatic carbocycles. The van der Waals surface area contributed by atoms with Crippen molar-refractivity contribution in [2.75, 3.05) is 18.4 Å². The fourth-order valence-electron chi connectivity index (χ4n) is 7.82. The molecule has 2 saturated heterocycles. The number of amides is 3. The van der Waals surface area contributed by atoms with Crippen LogP contribution < -0.4 is 16.0 Å². The van der Waals surface area contributed by atoms with Crippen LogP contribution in [0.5, 0.6) is 0 Å². The van der Waals surface area contributed by atoms with Crippen molar-refractivity contribution in [1.82, 2.24) is 40.1 Å². The predicted octanol–water partition coefficient (Wildman–Crippen LogP) is 6.99. The molecule has 12 heteroatoms. The molecule has 3 amide bonds. The van der Waals surface area contributed by atoms with E-state index in [-0.39, 0.29) is 29.2 Å². The zero-order valence-corrected chi connectivity index (χ0v) is 33.5. The Morgan fingerprint density at radius 2 is 1.62 bits per heavy atom. The standard InChI is InChI=1S/C46H49N9O3/c1-29-21-34(9-10-35(29)23-49-44(57)39-24-48-41(25-47-39)46(2,3)4)43-40-22-36(27-55(40)51-28-50-43)32-7-5-30(6-8-32)26-54-19-17-33(18-20-54)31-11-13-37(14-12-31)52-38-15-16-42(56)53-45(38)58/h5-14,21-22,24-25,27-28,33,38,52H,15-20,23,26H2,1-4H3,(H,49,57)(H,53,56,58). The molecule has 3 N–H and O–H groups in total. The number of aromatic nitrogens is 5. The second kappa shape index (κ2) is 16.3. The minimum absolute atomic E-state index is 0.133. The maximum atomic E-state index is 12.8. The molecule has 2 aliphatic heterocycles. The maximum absolute atomic E-state index is 12.8. The number of nitrogens with zero attached hydrogens (tertiary/aromatic N) is 6. The summed E-state index contributed by atoms with van der Waals surface area (Å²) in [5, 5.41) is 13.2. The fraction of sp³-hybridized carbons (Fsp3) is 0.326. The Balaban J connectivity index is 0.855. The van der Waals surface area contributed by atoms with Crippen molar-refractivity contribution in [3.05, 3.63) is 131 Å². The largest absolute Gasteiger partial charge is 0.374 e. The van der Waals surface area contributed by atoms with Gasteiger partial charge in [-0.05, 0) is 97.3 Å². The molecular weight excluding hydrogens is 727 g/mol. The first-order valence-corrected chi connectivity index (χ1v) is 20.0. The molecule has 0 spiro atoms. The van der Waals surface area contributed by atoms with Gasteiger partial charge in [-0.15, -0.1) is 0 Å². The molecule has 2 fully saturated rings. The number of benzene rings is 3. The summed E-state index contributed by atoms with van der Waals surface area (Å²) < 4.78 is 1.88. The maximum Gasteiger partial charge on any atom is 0.271 e.